The van der Waals surface area contributed by atoms with E-state index in [1.807, 2.05) is 18.2 Å². The molecule has 4 heterocycles. The third-order valence-electron chi connectivity index (χ3n) is 6.50. The largest absolute Gasteiger partial charge is 0.404 e. The van der Waals surface area contributed by atoms with Gasteiger partial charge in [-0.1, -0.05) is 12.6 Å². The molecular formula is C26H26F2N8O. The molecule has 190 valence electrons. The molecule has 3 N–H and O–H groups in total. The van der Waals surface area contributed by atoms with Crippen LogP contribution in [0.5, 0.6) is 0 Å². The lowest BCUT2D eigenvalue weighted by Crippen LogP contribution is -2.56. The maximum Gasteiger partial charge on any atom is 0.333 e. The van der Waals surface area contributed by atoms with Crippen molar-refractivity contribution in [3.63, 3.8) is 0 Å². The molecule has 9 nitrogen and oxygen atoms in total. The first-order valence-electron chi connectivity index (χ1n) is 11.6. The quantitative estimate of drug-likeness (QED) is 0.391. The maximum absolute atomic E-state index is 13.4. The van der Waals surface area contributed by atoms with E-state index < -0.39 is 5.92 Å². The second-order valence-corrected chi connectivity index (χ2v) is 8.96. The summed E-state index contributed by atoms with van der Waals surface area (Å²) in [5.74, 6) is -1.77. The van der Waals surface area contributed by atoms with Crippen LogP contribution in [-0.4, -0.2) is 51.4 Å². The SMILES string of the molecule is C=C(/N=C\C(=C/N)c1ccc2ncc3c(c2c1)n(-c1ccc(N2CC(F)(F)C2)nc1C)c(=O)n3C)NC. The summed E-state index contributed by atoms with van der Waals surface area (Å²) in [6, 6.07) is 9.05. The highest BCUT2D eigenvalue weighted by molar-refractivity contribution is 6.12. The van der Waals surface area contributed by atoms with Crippen LogP contribution >= 0.6 is 0 Å². The first-order valence-corrected chi connectivity index (χ1v) is 11.6. The van der Waals surface area contributed by atoms with Crippen LogP contribution in [0.1, 0.15) is 11.3 Å². The Bertz CT molecular complexity index is 1670. The van der Waals surface area contributed by atoms with Crippen molar-refractivity contribution < 1.29 is 8.78 Å². The van der Waals surface area contributed by atoms with Crippen LogP contribution in [0.15, 0.2) is 64.9 Å². The predicted octanol–water partition coefficient (Wildman–Crippen LogP) is 3.10. The van der Waals surface area contributed by atoms with Gasteiger partial charge >= 0.3 is 5.69 Å². The van der Waals surface area contributed by atoms with Crippen LogP contribution < -0.4 is 21.6 Å². The smallest absolute Gasteiger partial charge is 0.333 e. The molecule has 0 aliphatic carbocycles. The van der Waals surface area contributed by atoms with Crippen molar-refractivity contribution in [2.75, 3.05) is 25.0 Å². The van der Waals surface area contributed by atoms with E-state index in [1.165, 1.54) is 15.7 Å². The number of halogens is 2. The van der Waals surface area contributed by atoms with Gasteiger partial charge in [0, 0.05) is 37.5 Å². The molecule has 0 saturated carbocycles. The van der Waals surface area contributed by atoms with Crippen LogP contribution in [0.2, 0.25) is 0 Å². The van der Waals surface area contributed by atoms with Crippen molar-refractivity contribution in [3.8, 4) is 5.69 Å². The van der Waals surface area contributed by atoms with E-state index in [-0.39, 0.29) is 18.8 Å². The summed E-state index contributed by atoms with van der Waals surface area (Å²) < 4.78 is 29.8. The molecule has 37 heavy (non-hydrogen) atoms. The van der Waals surface area contributed by atoms with Crippen molar-refractivity contribution in [1.29, 1.82) is 0 Å². The lowest BCUT2D eigenvalue weighted by atomic mass is 10.0. The Balaban J connectivity index is 1.68. The zero-order valence-electron chi connectivity index (χ0n) is 20.7. The highest BCUT2D eigenvalue weighted by atomic mass is 19.3. The molecule has 1 aliphatic rings. The number of fused-ring (bicyclic) bond motifs is 3. The Morgan fingerprint density at radius 2 is 2.03 bits per heavy atom. The number of nitrogens with zero attached hydrogens (tertiary/aromatic N) is 6. The van der Waals surface area contributed by atoms with Gasteiger partial charge in [0.15, 0.2) is 0 Å². The average Bonchev–Trinajstić information content (AvgIpc) is 3.12. The van der Waals surface area contributed by atoms with Crippen LogP contribution in [0.25, 0.3) is 33.2 Å². The Kier molecular flexibility index (Phi) is 5.77. The van der Waals surface area contributed by atoms with Gasteiger partial charge in [-0.3, -0.25) is 14.1 Å². The minimum atomic E-state index is -2.70. The molecule has 0 bridgehead atoms. The minimum Gasteiger partial charge on any atom is -0.404 e. The molecule has 4 aromatic rings. The summed E-state index contributed by atoms with van der Waals surface area (Å²) in [5.41, 5.74) is 10.1. The van der Waals surface area contributed by atoms with Crippen molar-refractivity contribution in [3.05, 3.63) is 76.9 Å². The Labute approximate surface area is 211 Å². The number of pyridine rings is 2. The number of nitrogens with two attached hydrogens (primary N) is 1. The van der Waals surface area contributed by atoms with E-state index in [1.54, 1.807) is 50.1 Å². The minimum absolute atomic E-state index is 0.274. The van der Waals surface area contributed by atoms with Crippen molar-refractivity contribution in [2.24, 2.45) is 17.8 Å². The van der Waals surface area contributed by atoms with Gasteiger partial charge in [0.05, 0.1) is 47.2 Å². The van der Waals surface area contributed by atoms with Gasteiger partial charge in [0.2, 0.25) is 0 Å². The van der Waals surface area contributed by atoms with E-state index in [2.05, 4.69) is 26.9 Å². The van der Waals surface area contributed by atoms with Crippen molar-refractivity contribution >= 4 is 39.5 Å². The van der Waals surface area contributed by atoms with Gasteiger partial charge in [0.1, 0.15) is 11.6 Å². The number of aryl methyl sites for hydroxylation is 2. The molecule has 1 aliphatic heterocycles. The number of nitrogens with one attached hydrogen (secondary N) is 1. The fraction of sp³-hybridized carbons (Fsp3) is 0.231. The second-order valence-electron chi connectivity index (χ2n) is 8.96. The van der Waals surface area contributed by atoms with Crippen molar-refractivity contribution in [2.45, 2.75) is 12.8 Å². The molecule has 5 rings (SSSR count). The van der Waals surface area contributed by atoms with Gasteiger partial charge in [-0.25, -0.2) is 23.6 Å². The molecule has 1 fully saturated rings. The molecule has 1 saturated heterocycles. The topological polar surface area (TPSA) is 106 Å². The Morgan fingerprint density at radius 1 is 1.27 bits per heavy atom. The van der Waals surface area contributed by atoms with E-state index in [9.17, 15) is 13.6 Å². The molecule has 0 amide bonds. The normalized spacial score (nSPS) is 15.5. The first kappa shape index (κ1) is 24.2. The number of aromatic nitrogens is 4. The molecule has 0 spiro atoms. The summed E-state index contributed by atoms with van der Waals surface area (Å²) in [6.07, 6.45) is 4.72. The number of imidazole rings is 1. The standard InChI is InChI=1S/C26H26F2N8O/c1-15-21(7-8-23(33-15)35-13-26(27,28)14-35)36-24-19-9-17(18(10-29)11-31-16(2)30-3)5-6-20(19)32-12-22(24)34(4)25(36)37/h5-12,30H,2,13-14,29H2,1,3-4H3/b18-10+,31-11-. The molecule has 3 aromatic heterocycles. The molecule has 11 heteroatoms. The molecule has 0 atom stereocenters. The third kappa shape index (κ3) is 4.11. The molecular weight excluding hydrogens is 478 g/mol. The number of anilines is 1. The van der Waals surface area contributed by atoms with Gasteiger partial charge in [-0.15, -0.1) is 0 Å². The fourth-order valence-electron chi connectivity index (χ4n) is 4.45. The number of alkyl halides is 2. The summed E-state index contributed by atoms with van der Waals surface area (Å²) >= 11 is 0. The van der Waals surface area contributed by atoms with Gasteiger partial charge in [0.25, 0.3) is 5.92 Å². The van der Waals surface area contributed by atoms with Gasteiger partial charge < -0.3 is 16.0 Å². The number of hydrogen-bond acceptors (Lipinski definition) is 7. The van der Waals surface area contributed by atoms with E-state index in [4.69, 9.17) is 5.73 Å². The highest BCUT2D eigenvalue weighted by Crippen LogP contribution is 2.33. The fourth-order valence-corrected chi connectivity index (χ4v) is 4.45. The lowest BCUT2D eigenvalue weighted by molar-refractivity contribution is -0.0267. The summed E-state index contributed by atoms with van der Waals surface area (Å²) in [7, 11) is 3.40. The first-order chi connectivity index (χ1) is 17.6. The number of allylic oxidation sites excluding steroid dienone is 1. The van der Waals surface area contributed by atoms with E-state index in [0.29, 0.717) is 45.1 Å². The third-order valence-corrected chi connectivity index (χ3v) is 6.50. The van der Waals surface area contributed by atoms with Gasteiger partial charge in [-0.05, 0) is 36.8 Å². The monoisotopic (exact) mass is 504 g/mol. The number of aliphatic imine (C=N–C) groups is 1. The number of benzene rings is 1. The summed E-state index contributed by atoms with van der Waals surface area (Å²) in [5, 5.41) is 3.59. The van der Waals surface area contributed by atoms with E-state index >= 15 is 0 Å². The van der Waals surface area contributed by atoms with Crippen LogP contribution in [0, 0.1) is 6.92 Å². The lowest BCUT2D eigenvalue weighted by Gasteiger charge is -2.39. The van der Waals surface area contributed by atoms with Crippen LogP contribution in [0.3, 0.4) is 0 Å². The van der Waals surface area contributed by atoms with Crippen LogP contribution in [0.4, 0.5) is 14.6 Å². The average molecular weight is 505 g/mol. The Morgan fingerprint density at radius 3 is 2.68 bits per heavy atom. The zero-order valence-corrected chi connectivity index (χ0v) is 20.7. The molecule has 1 aromatic carbocycles. The number of hydrogen-bond donors (Lipinski definition) is 2. The van der Waals surface area contributed by atoms with E-state index in [0.717, 1.165) is 10.9 Å². The van der Waals surface area contributed by atoms with Crippen molar-refractivity contribution in [1.82, 2.24) is 24.4 Å². The highest BCUT2D eigenvalue weighted by Gasteiger charge is 2.44. The summed E-state index contributed by atoms with van der Waals surface area (Å²) in [6.45, 7) is 4.82. The maximum atomic E-state index is 13.4. The molecule has 0 radical (unpaired) electrons. The molecule has 0 unspecified atom stereocenters. The predicted molar refractivity (Wildman–Crippen MR) is 142 cm³/mol. The second kappa shape index (κ2) is 8.84. The van der Waals surface area contributed by atoms with Gasteiger partial charge in [-0.2, -0.15) is 0 Å². The Hall–Kier alpha value is -4.54. The summed E-state index contributed by atoms with van der Waals surface area (Å²) in [4.78, 5) is 28.3. The number of rotatable bonds is 6. The zero-order chi connectivity index (χ0) is 26.5. The van der Waals surface area contributed by atoms with Crippen LogP contribution in [-0.2, 0) is 7.05 Å².